The Morgan fingerprint density at radius 1 is 1.15 bits per heavy atom. The van der Waals surface area contributed by atoms with Crippen molar-refractivity contribution in [3.05, 3.63) is 59.8 Å². The van der Waals surface area contributed by atoms with Gasteiger partial charge >= 0.3 is 0 Å². The van der Waals surface area contributed by atoms with Crippen LogP contribution in [0.3, 0.4) is 0 Å². The molecule has 0 bridgehead atoms. The highest BCUT2D eigenvalue weighted by molar-refractivity contribution is 5.94. The van der Waals surface area contributed by atoms with Crippen molar-refractivity contribution in [2.75, 3.05) is 19.7 Å². The summed E-state index contributed by atoms with van der Waals surface area (Å²) in [6, 6.07) is 13.5. The number of rotatable bonds is 7. The second-order valence-corrected chi connectivity index (χ2v) is 7.38. The molecule has 5 heteroatoms. The zero-order valence-corrected chi connectivity index (χ0v) is 16.1. The summed E-state index contributed by atoms with van der Waals surface area (Å²) in [5, 5.41) is 0. The number of ether oxygens (including phenoxy) is 2. The van der Waals surface area contributed by atoms with Gasteiger partial charge in [-0.3, -0.25) is 4.79 Å². The molecule has 0 N–H and O–H groups in total. The van der Waals surface area contributed by atoms with Crippen LogP contribution in [0, 0.1) is 5.92 Å². The Balaban J connectivity index is 1.48. The van der Waals surface area contributed by atoms with Gasteiger partial charge in [0.15, 0.2) is 0 Å². The standard InChI is InChI=1S/C22H28N2O3/c1-17(2)15-26-20-10-12-24(13-11-20)22(25)19-8-9-21(23-14-19)27-16-18-6-4-3-5-7-18/h3-9,14,17,20H,10-13,15-16H2,1-2H3. The summed E-state index contributed by atoms with van der Waals surface area (Å²) in [4.78, 5) is 18.8. The van der Waals surface area contributed by atoms with E-state index in [9.17, 15) is 4.79 Å². The van der Waals surface area contributed by atoms with Gasteiger partial charge in [0.05, 0.1) is 11.7 Å². The summed E-state index contributed by atoms with van der Waals surface area (Å²) in [6.07, 6.45) is 3.65. The highest BCUT2D eigenvalue weighted by atomic mass is 16.5. The molecule has 1 aromatic heterocycles. The van der Waals surface area contributed by atoms with Crippen LogP contribution in [-0.4, -0.2) is 41.6 Å². The fraction of sp³-hybridized carbons (Fsp3) is 0.455. The second kappa shape index (κ2) is 9.51. The predicted molar refractivity (Wildman–Crippen MR) is 105 cm³/mol. The van der Waals surface area contributed by atoms with Crippen LogP contribution in [0.5, 0.6) is 5.88 Å². The number of likely N-dealkylation sites (tertiary alicyclic amines) is 1. The van der Waals surface area contributed by atoms with Crippen LogP contribution in [0.4, 0.5) is 0 Å². The summed E-state index contributed by atoms with van der Waals surface area (Å²) in [7, 11) is 0. The predicted octanol–water partition coefficient (Wildman–Crippen LogP) is 3.94. The van der Waals surface area contributed by atoms with E-state index in [0.29, 0.717) is 24.0 Å². The van der Waals surface area contributed by atoms with Gasteiger partial charge in [0.1, 0.15) is 6.61 Å². The largest absolute Gasteiger partial charge is 0.473 e. The van der Waals surface area contributed by atoms with Crippen LogP contribution in [0.25, 0.3) is 0 Å². The zero-order valence-electron chi connectivity index (χ0n) is 16.1. The van der Waals surface area contributed by atoms with E-state index in [-0.39, 0.29) is 12.0 Å². The quantitative estimate of drug-likeness (QED) is 0.743. The molecule has 0 atom stereocenters. The summed E-state index contributed by atoms with van der Waals surface area (Å²) in [5.41, 5.74) is 1.69. The summed E-state index contributed by atoms with van der Waals surface area (Å²) >= 11 is 0. The van der Waals surface area contributed by atoms with Crippen molar-refractivity contribution >= 4 is 5.91 Å². The van der Waals surface area contributed by atoms with Crippen LogP contribution in [0.15, 0.2) is 48.7 Å². The molecule has 144 valence electrons. The van der Waals surface area contributed by atoms with E-state index in [4.69, 9.17) is 9.47 Å². The third-order valence-corrected chi connectivity index (χ3v) is 4.61. The van der Waals surface area contributed by atoms with Crippen molar-refractivity contribution in [1.82, 2.24) is 9.88 Å². The third kappa shape index (κ3) is 5.79. The highest BCUT2D eigenvalue weighted by Crippen LogP contribution is 2.18. The molecule has 0 radical (unpaired) electrons. The van der Waals surface area contributed by atoms with Crippen LogP contribution in [0.1, 0.15) is 42.6 Å². The Labute approximate surface area is 161 Å². The molecule has 0 saturated carbocycles. The Morgan fingerprint density at radius 2 is 1.89 bits per heavy atom. The maximum Gasteiger partial charge on any atom is 0.255 e. The first-order valence-electron chi connectivity index (χ1n) is 9.65. The lowest BCUT2D eigenvalue weighted by molar-refractivity contribution is -0.00231. The molecule has 1 saturated heterocycles. The average Bonchev–Trinajstić information content (AvgIpc) is 2.72. The molecule has 0 aliphatic carbocycles. The van der Waals surface area contributed by atoms with Gasteiger partial charge in [-0.1, -0.05) is 44.2 Å². The minimum atomic E-state index is 0.0272. The Bertz CT molecular complexity index is 708. The summed E-state index contributed by atoms with van der Waals surface area (Å²) in [6.45, 7) is 7.01. The summed E-state index contributed by atoms with van der Waals surface area (Å²) in [5.74, 6) is 1.09. The van der Waals surface area contributed by atoms with Gasteiger partial charge in [-0.05, 0) is 30.4 Å². The van der Waals surface area contributed by atoms with Crippen LogP contribution >= 0.6 is 0 Å². The topological polar surface area (TPSA) is 51.7 Å². The van der Waals surface area contributed by atoms with Crippen molar-refractivity contribution in [2.24, 2.45) is 5.92 Å². The molecule has 1 aliphatic heterocycles. The number of carbonyl (C=O) groups is 1. The van der Waals surface area contributed by atoms with E-state index in [1.807, 2.05) is 35.2 Å². The Hall–Kier alpha value is -2.40. The normalized spacial score (nSPS) is 15.1. The Kier molecular flexibility index (Phi) is 6.82. The van der Waals surface area contributed by atoms with Crippen LogP contribution in [0.2, 0.25) is 0 Å². The smallest absolute Gasteiger partial charge is 0.255 e. The third-order valence-electron chi connectivity index (χ3n) is 4.61. The molecule has 3 rings (SSSR count). The number of piperidine rings is 1. The Morgan fingerprint density at radius 3 is 2.52 bits per heavy atom. The fourth-order valence-electron chi connectivity index (χ4n) is 3.06. The average molecular weight is 368 g/mol. The van der Waals surface area contributed by atoms with Crippen molar-refractivity contribution in [3.63, 3.8) is 0 Å². The number of carbonyl (C=O) groups excluding carboxylic acids is 1. The molecular formula is C22H28N2O3. The number of benzene rings is 1. The van der Waals surface area contributed by atoms with Crippen molar-refractivity contribution in [3.8, 4) is 5.88 Å². The maximum absolute atomic E-state index is 12.7. The fourth-order valence-corrected chi connectivity index (χ4v) is 3.06. The van der Waals surface area contributed by atoms with Crippen LogP contribution in [-0.2, 0) is 11.3 Å². The molecule has 0 unspecified atom stereocenters. The van der Waals surface area contributed by atoms with Gasteiger partial charge in [0.2, 0.25) is 5.88 Å². The van der Waals surface area contributed by atoms with E-state index in [1.165, 1.54) is 0 Å². The van der Waals surface area contributed by atoms with E-state index in [0.717, 1.165) is 38.1 Å². The lowest BCUT2D eigenvalue weighted by Crippen LogP contribution is -2.41. The lowest BCUT2D eigenvalue weighted by atomic mass is 10.1. The van der Waals surface area contributed by atoms with Crippen molar-refractivity contribution in [1.29, 1.82) is 0 Å². The first-order valence-corrected chi connectivity index (χ1v) is 9.65. The number of pyridine rings is 1. The molecule has 27 heavy (non-hydrogen) atoms. The minimum Gasteiger partial charge on any atom is -0.473 e. The van der Waals surface area contributed by atoms with Gasteiger partial charge in [0, 0.05) is 32.0 Å². The van der Waals surface area contributed by atoms with Gasteiger partial charge in [-0.2, -0.15) is 0 Å². The number of hydrogen-bond acceptors (Lipinski definition) is 4. The van der Waals surface area contributed by atoms with Crippen LogP contribution < -0.4 is 4.74 Å². The van der Waals surface area contributed by atoms with E-state index >= 15 is 0 Å². The first kappa shape index (κ1) is 19.4. The van der Waals surface area contributed by atoms with E-state index < -0.39 is 0 Å². The molecule has 0 spiro atoms. The highest BCUT2D eigenvalue weighted by Gasteiger charge is 2.24. The van der Waals surface area contributed by atoms with Crippen molar-refractivity contribution < 1.29 is 14.3 Å². The van der Waals surface area contributed by atoms with Gasteiger partial charge in [-0.15, -0.1) is 0 Å². The van der Waals surface area contributed by atoms with E-state index in [2.05, 4.69) is 18.8 Å². The summed E-state index contributed by atoms with van der Waals surface area (Å²) < 4.78 is 11.6. The zero-order chi connectivity index (χ0) is 19.1. The molecule has 5 nitrogen and oxygen atoms in total. The first-order chi connectivity index (χ1) is 13.1. The number of aromatic nitrogens is 1. The molecule has 2 heterocycles. The SMILES string of the molecule is CC(C)COC1CCN(C(=O)c2ccc(OCc3ccccc3)nc2)CC1. The molecular weight excluding hydrogens is 340 g/mol. The molecule has 1 amide bonds. The minimum absolute atomic E-state index is 0.0272. The lowest BCUT2D eigenvalue weighted by Gasteiger charge is -2.32. The number of amides is 1. The molecule has 1 fully saturated rings. The molecule has 1 aliphatic rings. The van der Waals surface area contributed by atoms with Gasteiger partial charge < -0.3 is 14.4 Å². The second-order valence-electron chi connectivity index (χ2n) is 7.38. The van der Waals surface area contributed by atoms with Gasteiger partial charge in [0.25, 0.3) is 5.91 Å². The maximum atomic E-state index is 12.7. The van der Waals surface area contributed by atoms with Crippen molar-refractivity contribution in [2.45, 2.75) is 39.4 Å². The monoisotopic (exact) mass is 368 g/mol. The van der Waals surface area contributed by atoms with Gasteiger partial charge in [-0.25, -0.2) is 4.98 Å². The molecule has 1 aromatic carbocycles. The number of nitrogens with zero attached hydrogens (tertiary/aromatic N) is 2. The molecule has 2 aromatic rings. The van der Waals surface area contributed by atoms with E-state index in [1.54, 1.807) is 18.3 Å². The number of hydrogen-bond donors (Lipinski definition) is 0.